The van der Waals surface area contributed by atoms with E-state index in [9.17, 15) is 9.67 Å². The van der Waals surface area contributed by atoms with Crippen molar-refractivity contribution in [3.8, 4) is 23.0 Å². The smallest absolute Gasteiger partial charge is 0.507 e. The molecule has 0 spiro atoms. The highest BCUT2D eigenvalue weighted by Crippen LogP contribution is 2.51. The van der Waals surface area contributed by atoms with Crippen molar-refractivity contribution >= 4 is 18.6 Å². The summed E-state index contributed by atoms with van der Waals surface area (Å²) in [5.74, 6) is 1.09. The van der Waals surface area contributed by atoms with E-state index in [1.165, 1.54) is 12.1 Å². The zero-order valence-corrected chi connectivity index (χ0v) is 15.7. The van der Waals surface area contributed by atoms with Gasteiger partial charge in [0.05, 0.1) is 0 Å². The van der Waals surface area contributed by atoms with E-state index >= 15 is 0 Å². The minimum Gasteiger partial charge on any atom is -0.507 e. The number of rotatable bonds is 6. The van der Waals surface area contributed by atoms with E-state index in [-0.39, 0.29) is 11.5 Å². The molecule has 4 rings (SSSR count). The van der Waals surface area contributed by atoms with Crippen LogP contribution < -0.4 is 13.6 Å². The number of phenols is 1. The summed E-state index contributed by atoms with van der Waals surface area (Å²) in [6.07, 6.45) is 0. The molecule has 0 unspecified atom stereocenters. The molecule has 0 saturated carbocycles. The van der Waals surface area contributed by atoms with E-state index in [2.05, 4.69) is 0 Å². The number of hydrogen-bond donors (Lipinski definition) is 1. The third-order valence-corrected chi connectivity index (χ3v) is 5.28. The van der Waals surface area contributed by atoms with Gasteiger partial charge in [-0.3, -0.25) is 0 Å². The second kappa shape index (κ2) is 7.67. The molecular formula is C22H17O5P. The Morgan fingerprint density at radius 3 is 1.64 bits per heavy atom. The molecule has 0 heterocycles. The summed E-state index contributed by atoms with van der Waals surface area (Å²) in [5, 5.41) is 11.2. The summed E-state index contributed by atoms with van der Waals surface area (Å²) in [7, 11) is -4.09. The van der Waals surface area contributed by atoms with Crippen LogP contribution in [0.3, 0.4) is 0 Å². The highest BCUT2D eigenvalue weighted by atomic mass is 31.2. The van der Waals surface area contributed by atoms with Crippen LogP contribution in [-0.2, 0) is 4.57 Å². The van der Waals surface area contributed by atoms with Crippen LogP contribution >= 0.6 is 7.82 Å². The Labute approximate surface area is 162 Å². The summed E-state index contributed by atoms with van der Waals surface area (Å²) < 4.78 is 30.6. The Balaban J connectivity index is 1.74. The second-order valence-electron chi connectivity index (χ2n) is 5.98. The first kappa shape index (κ1) is 18.0. The van der Waals surface area contributed by atoms with Crippen LogP contribution in [-0.4, -0.2) is 5.11 Å². The molecule has 28 heavy (non-hydrogen) atoms. The van der Waals surface area contributed by atoms with Crippen LogP contribution in [0.2, 0.25) is 0 Å². The molecule has 0 amide bonds. The maximum Gasteiger partial charge on any atom is 0.647 e. The number of aromatic hydroxyl groups is 1. The molecule has 4 aromatic carbocycles. The van der Waals surface area contributed by atoms with Gasteiger partial charge in [0.15, 0.2) is 0 Å². The lowest BCUT2D eigenvalue weighted by Crippen LogP contribution is -2.07. The first-order valence-corrected chi connectivity index (χ1v) is 10.1. The quantitative estimate of drug-likeness (QED) is 0.396. The van der Waals surface area contributed by atoms with Crippen LogP contribution in [0, 0.1) is 0 Å². The van der Waals surface area contributed by atoms with E-state index in [1.807, 2.05) is 12.1 Å². The van der Waals surface area contributed by atoms with Crippen molar-refractivity contribution in [2.24, 2.45) is 0 Å². The number of benzene rings is 4. The van der Waals surface area contributed by atoms with Crippen molar-refractivity contribution < 1.29 is 23.2 Å². The molecule has 0 aliphatic heterocycles. The van der Waals surface area contributed by atoms with Crippen molar-refractivity contribution in [2.45, 2.75) is 0 Å². The average Bonchev–Trinajstić information content (AvgIpc) is 2.72. The van der Waals surface area contributed by atoms with Crippen LogP contribution in [0.4, 0.5) is 0 Å². The molecule has 0 bridgehead atoms. The minimum absolute atomic E-state index is 0.103. The first-order valence-electron chi connectivity index (χ1n) is 8.63. The van der Waals surface area contributed by atoms with E-state index in [4.69, 9.17) is 13.6 Å². The number of hydrogen-bond acceptors (Lipinski definition) is 5. The molecule has 1 N–H and O–H groups in total. The van der Waals surface area contributed by atoms with Gasteiger partial charge in [0, 0.05) is 10.8 Å². The Bertz CT molecular complexity index is 1080. The zero-order chi connectivity index (χ0) is 19.4. The largest absolute Gasteiger partial charge is 0.647 e. The average molecular weight is 392 g/mol. The second-order valence-corrected chi connectivity index (χ2v) is 7.42. The molecule has 0 fully saturated rings. The van der Waals surface area contributed by atoms with Gasteiger partial charge in [-0.25, -0.2) is 0 Å². The molecule has 0 aliphatic carbocycles. The van der Waals surface area contributed by atoms with Gasteiger partial charge in [0.2, 0.25) is 0 Å². The Hall–Kier alpha value is -3.43. The summed E-state index contributed by atoms with van der Waals surface area (Å²) in [5.41, 5.74) is 0. The van der Waals surface area contributed by atoms with Crippen LogP contribution in [0.15, 0.2) is 97.1 Å². The van der Waals surface area contributed by atoms with E-state index in [0.29, 0.717) is 22.3 Å². The van der Waals surface area contributed by atoms with Crippen LogP contribution in [0.25, 0.3) is 10.8 Å². The van der Waals surface area contributed by atoms with Crippen LogP contribution in [0.5, 0.6) is 23.0 Å². The Kier molecular flexibility index (Phi) is 4.92. The van der Waals surface area contributed by atoms with Gasteiger partial charge in [-0.1, -0.05) is 60.7 Å². The third kappa shape index (κ3) is 3.95. The summed E-state index contributed by atoms with van der Waals surface area (Å²) in [4.78, 5) is 0. The first-order chi connectivity index (χ1) is 13.6. The highest BCUT2D eigenvalue weighted by molar-refractivity contribution is 7.49. The molecule has 0 atom stereocenters. The number of phosphoric ester groups is 1. The van der Waals surface area contributed by atoms with Crippen molar-refractivity contribution in [2.75, 3.05) is 0 Å². The molecule has 0 aliphatic rings. The van der Waals surface area contributed by atoms with E-state index < -0.39 is 7.82 Å². The maximum absolute atomic E-state index is 13.5. The lowest BCUT2D eigenvalue weighted by Gasteiger charge is -2.20. The standard InChI is InChI=1S/C22H17O5P/c23-21-15-16-22(20-14-8-7-13-19(20)21)27-28(24,25-17-9-3-1-4-10-17)26-18-11-5-2-6-12-18/h1-16,23H. The number of para-hydroxylation sites is 2. The monoisotopic (exact) mass is 392 g/mol. The predicted molar refractivity (Wildman–Crippen MR) is 108 cm³/mol. The molecule has 4 aromatic rings. The summed E-state index contributed by atoms with van der Waals surface area (Å²) in [6.45, 7) is 0. The SMILES string of the molecule is O=P(Oc1ccccc1)(Oc1ccccc1)Oc1ccc(O)c2ccccc12. The highest BCUT2D eigenvalue weighted by Gasteiger charge is 2.33. The molecule has 140 valence electrons. The number of fused-ring (bicyclic) bond motifs is 1. The molecule has 5 nitrogen and oxygen atoms in total. The predicted octanol–water partition coefficient (Wildman–Crippen LogP) is 6.19. The van der Waals surface area contributed by atoms with Gasteiger partial charge in [-0.2, -0.15) is 4.57 Å². The zero-order valence-electron chi connectivity index (χ0n) is 14.8. The van der Waals surface area contributed by atoms with Gasteiger partial charge < -0.3 is 18.7 Å². The fourth-order valence-corrected chi connectivity index (χ4v) is 4.00. The van der Waals surface area contributed by atoms with Crippen molar-refractivity contribution in [3.05, 3.63) is 97.1 Å². The molecule has 0 radical (unpaired) electrons. The molecule has 6 heteroatoms. The van der Waals surface area contributed by atoms with Crippen molar-refractivity contribution in [1.82, 2.24) is 0 Å². The van der Waals surface area contributed by atoms with E-state index in [0.717, 1.165) is 0 Å². The van der Waals surface area contributed by atoms with Crippen molar-refractivity contribution in [1.29, 1.82) is 0 Å². The molecule has 0 aromatic heterocycles. The van der Waals surface area contributed by atoms with Gasteiger partial charge >= 0.3 is 7.82 Å². The van der Waals surface area contributed by atoms with Crippen LogP contribution in [0.1, 0.15) is 0 Å². The summed E-state index contributed by atoms with van der Waals surface area (Å²) >= 11 is 0. The lowest BCUT2D eigenvalue weighted by atomic mass is 10.1. The Morgan fingerprint density at radius 1 is 0.571 bits per heavy atom. The normalized spacial score (nSPS) is 11.1. The fraction of sp³-hybridized carbons (Fsp3) is 0. The van der Waals surface area contributed by atoms with E-state index in [1.54, 1.807) is 72.8 Å². The number of phenolic OH excluding ortho intramolecular Hbond substituents is 1. The Morgan fingerprint density at radius 2 is 1.07 bits per heavy atom. The lowest BCUT2D eigenvalue weighted by molar-refractivity contribution is 0.299. The minimum atomic E-state index is -4.09. The topological polar surface area (TPSA) is 65.0 Å². The fourth-order valence-electron chi connectivity index (χ4n) is 2.73. The van der Waals surface area contributed by atoms with Gasteiger partial charge in [-0.15, -0.1) is 0 Å². The number of phosphoric acid groups is 1. The molecule has 0 saturated heterocycles. The summed E-state index contributed by atoms with van der Waals surface area (Å²) in [6, 6.07) is 27.5. The maximum atomic E-state index is 13.5. The molecular weight excluding hydrogens is 375 g/mol. The van der Waals surface area contributed by atoms with Crippen molar-refractivity contribution in [3.63, 3.8) is 0 Å². The van der Waals surface area contributed by atoms with Gasteiger partial charge in [-0.05, 0) is 36.4 Å². The van der Waals surface area contributed by atoms with Gasteiger partial charge in [0.1, 0.15) is 23.0 Å². The van der Waals surface area contributed by atoms with Gasteiger partial charge in [0.25, 0.3) is 0 Å². The third-order valence-electron chi connectivity index (χ3n) is 3.99.